The van der Waals surface area contributed by atoms with E-state index in [-0.39, 0.29) is 16.8 Å². The molecular weight excluding hydrogens is 276 g/mol. The van der Waals surface area contributed by atoms with Gasteiger partial charge in [-0.25, -0.2) is 0 Å². The number of likely N-dealkylation sites (tertiary alicyclic amines) is 1. The predicted molar refractivity (Wildman–Crippen MR) is 77.0 cm³/mol. The minimum absolute atomic E-state index is 0.238. The van der Waals surface area contributed by atoms with E-state index in [1.807, 2.05) is 0 Å². The summed E-state index contributed by atoms with van der Waals surface area (Å²) in [6.07, 6.45) is 5.78. The summed E-state index contributed by atoms with van der Waals surface area (Å²) < 4.78 is 5.47. The molecular formula is C14H20N2O3S. The number of hydrogen-bond acceptors (Lipinski definition) is 4. The first-order chi connectivity index (χ1) is 9.56. The van der Waals surface area contributed by atoms with E-state index in [1.165, 1.54) is 4.90 Å². The van der Waals surface area contributed by atoms with Crippen molar-refractivity contribution in [2.75, 3.05) is 0 Å². The van der Waals surface area contributed by atoms with Crippen LogP contribution in [0.15, 0.2) is 0 Å². The maximum atomic E-state index is 12.6. The number of rotatable bonds is 2. The minimum Gasteiger partial charge on any atom is -0.391 e. The Morgan fingerprint density at radius 3 is 2.05 bits per heavy atom. The number of nitrogens with zero attached hydrogens (tertiary/aromatic N) is 1. The lowest BCUT2D eigenvalue weighted by Gasteiger charge is -2.44. The van der Waals surface area contributed by atoms with Crippen LogP contribution in [0.3, 0.4) is 0 Å². The molecule has 3 aliphatic rings. The molecule has 2 amide bonds. The third-order valence-corrected chi connectivity index (χ3v) is 5.21. The molecule has 6 heteroatoms. The van der Waals surface area contributed by atoms with Gasteiger partial charge in [-0.15, -0.1) is 0 Å². The monoisotopic (exact) mass is 296 g/mol. The van der Waals surface area contributed by atoms with E-state index in [4.69, 9.17) is 22.7 Å². The van der Waals surface area contributed by atoms with Gasteiger partial charge in [-0.3, -0.25) is 14.5 Å². The predicted octanol–water partition coefficient (Wildman–Crippen LogP) is 1.28. The molecule has 3 rings (SSSR count). The van der Waals surface area contributed by atoms with Gasteiger partial charge in [-0.2, -0.15) is 0 Å². The Hall–Kier alpha value is -1.01. The largest absolute Gasteiger partial charge is 0.391 e. The highest BCUT2D eigenvalue weighted by Gasteiger charge is 2.55. The molecule has 1 aliphatic carbocycles. The van der Waals surface area contributed by atoms with Crippen LogP contribution in [0.1, 0.15) is 51.4 Å². The number of morpholine rings is 1. The first-order valence-electron chi connectivity index (χ1n) is 7.39. The van der Waals surface area contributed by atoms with Crippen LogP contribution in [0.5, 0.6) is 0 Å². The number of hydrogen-bond donors (Lipinski definition) is 1. The molecule has 110 valence electrons. The van der Waals surface area contributed by atoms with Crippen molar-refractivity contribution in [1.29, 1.82) is 0 Å². The summed E-state index contributed by atoms with van der Waals surface area (Å²) in [6.45, 7) is 0. The molecule has 2 bridgehead atoms. The smallest absolute Gasteiger partial charge is 0.259 e. The summed E-state index contributed by atoms with van der Waals surface area (Å²) in [5, 5.41) is 0. The van der Waals surface area contributed by atoms with Gasteiger partial charge in [-0.1, -0.05) is 37.9 Å². The molecule has 3 fully saturated rings. The number of imide groups is 1. The van der Waals surface area contributed by atoms with Crippen molar-refractivity contribution in [1.82, 2.24) is 4.90 Å². The van der Waals surface area contributed by atoms with Crippen molar-refractivity contribution in [3.8, 4) is 0 Å². The van der Waals surface area contributed by atoms with Crippen molar-refractivity contribution >= 4 is 29.0 Å². The van der Waals surface area contributed by atoms with E-state index in [1.54, 1.807) is 0 Å². The van der Waals surface area contributed by atoms with Crippen LogP contribution in [0.25, 0.3) is 0 Å². The van der Waals surface area contributed by atoms with Crippen LogP contribution in [0, 0.1) is 0 Å². The second-order valence-corrected chi connectivity index (χ2v) is 6.45. The third kappa shape index (κ3) is 1.97. The second-order valence-electron chi connectivity index (χ2n) is 6.01. The van der Waals surface area contributed by atoms with E-state index >= 15 is 0 Å². The van der Waals surface area contributed by atoms with Gasteiger partial charge >= 0.3 is 0 Å². The lowest BCUT2D eigenvalue weighted by atomic mass is 9.86. The summed E-state index contributed by atoms with van der Waals surface area (Å²) in [7, 11) is 0. The van der Waals surface area contributed by atoms with E-state index in [0.29, 0.717) is 25.7 Å². The van der Waals surface area contributed by atoms with Crippen molar-refractivity contribution in [2.45, 2.75) is 69.1 Å². The lowest BCUT2D eigenvalue weighted by molar-refractivity contribution is -0.174. The van der Waals surface area contributed by atoms with Crippen LogP contribution < -0.4 is 5.73 Å². The van der Waals surface area contributed by atoms with Crippen LogP contribution in [0.4, 0.5) is 0 Å². The van der Waals surface area contributed by atoms with E-state index in [9.17, 15) is 9.59 Å². The molecule has 20 heavy (non-hydrogen) atoms. The fraction of sp³-hybridized carbons (Fsp3) is 0.786. The fourth-order valence-corrected chi connectivity index (χ4v) is 4.01. The zero-order chi connectivity index (χ0) is 14.3. The highest BCUT2D eigenvalue weighted by Crippen LogP contribution is 2.39. The Bertz CT molecular complexity index is 435. The van der Waals surface area contributed by atoms with Crippen molar-refractivity contribution in [2.24, 2.45) is 5.73 Å². The maximum Gasteiger partial charge on any atom is 0.259 e. The van der Waals surface area contributed by atoms with Crippen molar-refractivity contribution in [3.05, 3.63) is 0 Å². The maximum absolute atomic E-state index is 12.6. The topological polar surface area (TPSA) is 72.6 Å². The lowest BCUT2D eigenvalue weighted by Crippen LogP contribution is -2.66. The number of ether oxygens (including phenoxy) is 1. The van der Waals surface area contributed by atoms with Gasteiger partial charge in [-0.05, 0) is 25.7 Å². The highest BCUT2D eigenvalue weighted by atomic mass is 32.1. The van der Waals surface area contributed by atoms with Gasteiger partial charge in [0, 0.05) is 0 Å². The van der Waals surface area contributed by atoms with E-state index < -0.39 is 17.7 Å². The first kappa shape index (κ1) is 13.9. The number of carbonyl (C=O) groups excluding carboxylic acids is 2. The number of fused-ring (bicyclic) bond motifs is 2. The zero-order valence-electron chi connectivity index (χ0n) is 11.5. The molecule has 0 aromatic rings. The SMILES string of the molecule is NC(=S)C1(N2C(=O)C3CCC(O3)C2=O)CCCCCC1. The van der Waals surface area contributed by atoms with Crippen LogP contribution in [-0.4, -0.2) is 39.4 Å². The van der Waals surface area contributed by atoms with Gasteiger partial charge in [0.05, 0.1) is 4.99 Å². The van der Waals surface area contributed by atoms with E-state index in [2.05, 4.69) is 0 Å². The van der Waals surface area contributed by atoms with Crippen molar-refractivity contribution < 1.29 is 14.3 Å². The molecule has 2 unspecified atom stereocenters. The average molecular weight is 296 g/mol. The number of amides is 2. The molecule has 2 N–H and O–H groups in total. The van der Waals surface area contributed by atoms with E-state index in [0.717, 1.165) is 25.7 Å². The third-order valence-electron chi connectivity index (χ3n) is 4.83. The summed E-state index contributed by atoms with van der Waals surface area (Å²) in [6, 6.07) is 0. The van der Waals surface area contributed by atoms with Gasteiger partial charge in [0.15, 0.2) is 0 Å². The molecule has 0 aromatic carbocycles. The number of carbonyl (C=O) groups is 2. The number of thiocarbonyl (C=S) groups is 1. The Kier molecular flexibility index (Phi) is 3.54. The molecule has 2 heterocycles. The molecule has 0 radical (unpaired) electrons. The first-order valence-corrected chi connectivity index (χ1v) is 7.80. The van der Waals surface area contributed by atoms with Crippen LogP contribution in [0.2, 0.25) is 0 Å². The zero-order valence-corrected chi connectivity index (χ0v) is 12.3. The molecule has 1 saturated carbocycles. The van der Waals surface area contributed by atoms with Crippen molar-refractivity contribution in [3.63, 3.8) is 0 Å². The average Bonchev–Trinajstić information content (AvgIpc) is 2.72. The summed E-state index contributed by atoms with van der Waals surface area (Å²) in [4.78, 5) is 26.8. The highest BCUT2D eigenvalue weighted by molar-refractivity contribution is 7.80. The molecule has 0 spiro atoms. The van der Waals surface area contributed by atoms with Gasteiger partial charge in [0.25, 0.3) is 11.8 Å². The molecule has 5 nitrogen and oxygen atoms in total. The Labute approximate surface area is 123 Å². The van der Waals surface area contributed by atoms with Gasteiger partial charge in [0.1, 0.15) is 17.7 Å². The normalized spacial score (nSPS) is 33.1. The minimum atomic E-state index is -0.759. The summed E-state index contributed by atoms with van der Waals surface area (Å²) in [5.41, 5.74) is 5.22. The van der Waals surface area contributed by atoms with Gasteiger partial charge < -0.3 is 10.5 Å². The quantitative estimate of drug-likeness (QED) is 0.472. The molecule has 2 aliphatic heterocycles. The summed E-state index contributed by atoms with van der Waals surface area (Å²) >= 11 is 5.26. The van der Waals surface area contributed by atoms with Crippen LogP contribution in [-0.2, 0) is 14.3 Å². The Morgan fingerprint density at radius 1 is 1.10 bits per heavy atom. The second kappa shape index (κ2) is 5.07. The Morgan fingerprint density at radius 2 is 1.60 bits per heavy atom. The molecule has 2 atom stereocenters. The molecule has 0 aromatic heterocycles. The van der Waals surface area contributed by atoms with Gasteiger partial charge in [0.2, 0.25) is 0 Å². The molecule has 2 saturated heterocycles. The Balaban J connectivity index is 1.99. The number of nitrogens with two attached hydrogens (primary N) is 1. The summed E-state index contributed by atoms with van der Waals surface area (Å²) in [5.74, 6) is -0.475. The standard InChI is InChI=1S/C14H20N2O3S/c15-13(20)14(7-3-1-2-4-8-14)16-11(17)9-5-6-10(19-9)12(16)18/h9-10H,1-8H2,(H2,15,20). The van der Waals surface area contributed by atoms with Crippen LogP contribution >= 0.6 is 12.2 Å². The fourth-order valence-electron chi connectivity index (χ4n) is 3.71.